The maximum absolute atomic E-state index is 4.32. The molecule has 3 rings (SSSR count). The van der Waals surface area contributed by atoms with Gasteiger partial charge in [0.05, 0.1) is 0 Å². The lowest BCUT2D eigenvalue weighted by atomic mass is 9.89. The number of hydrogen-bond acceptors (Lipinski definition) is 2. The fourth-order valence-corrected chi connectivity index (χ4v) is 2.90. The summed E-state index contributed by atoms with van der Waals surface area (Å²) < 4.78 is 0. The molecule has 0 aliphatic carbocycles. The summed E-state index contributed by atoms with van der Waals surface area (Å²) in [7, 11) is 0. The second-order valence-electron chi connectivity index (χ2n) is 5.32. The summed E-state index contributed by atoms with van der Waals surface area (Å²) in [6.07, 6.45) is 7.69. The molecule has 1 unspecified atom stereocenters. The summed E-state index contributed by atoms with van der Waals surface area (Å²) in [6, 6.07) is 12.8. The van der Waals surface area contributed by atoms with Crippen molar-refractivity contribution in [1.82, 2.24) is 10.3 Å². The van der Waals surface area contributed by atoms with E-state index in [1.807, 2.05) is 12.4 Å². The van der Waals surface area contributed by atoms with E-state index in [-0.39, 0.29) is 0 Å². The fourth-order valence-electron chi connectivity index (χ4n) is 2.90. The van der Waals surface area contributed by atoms with Crippen LogP contribution in [0.3, 0.4) is 0 Å². The standard InChI is InChI=1S/C17H20N2/c1-2-6-15(7-3-1)17-8-10-19-13-16(17)11-14-5-4-9-18-12-14/h1-3,6-8,10,13-14,18H,4-5,9,11-12H2. The molecule has 1 aliphatic rings. The molecule has 0 radical (unpaired) electrons. The molecule has 19 heavy (non-hydrogen) atoms. The largest absolute Gasteiger partial charge is 0.316 e. The Morgan fingerprint density at radius 1 is 1.16 bits per heavy atom. The Bertz CT molecular complexity index is 516. The maximum Gasteiger partial charge on any atom is 0.0306 e. The van der Waals surface area contributed by atoms with Crippen molar-refractivity contribution in [3.63, 3.8) is 0 Å². The quantitative estimate of drug-likeness (QED) is 0.906. The van der Waals surface area contributed by atoms with E-state index in [2.05, 4.69) is 46.7 Å². The number of aromatic nitrogens is 1. The van der Waals surface area contributed by atoms with Crippen LogP contribution in [0.5, 0.6) is 0 Å². The van der Waals surface area contributed by atoms with Crippen molar-refractivity contribution >= 4 is 0 Å². The lowest BCUT2D eigenvalue weighted by Gasteiger charge is -2.23. The number of benzene rings is 1. The molecule has 1 atom stereocenters. The molecule has 2 aromatic rings. The Morgan fingerprint density at radius 2 is 2.05 bits per heavy atom. The molecule has 0 bridgehead atoms. The van der Waals surface area contributed by atoms with Crippen molar-refractivity contribution in [2.75, 3.05) is 13.1 Å². The molecule has 2 nitrogen and oxygen atoms in total. The summed E-state index contributed by atoms with van der Waals surface area (Å²) in [5.41, 5.74) is 4.01. The van der Waals surface area contributed by atoms with E-state index in [9.17, 15) is 0 Å². The highest BCUT2D eigenvalue weighted by molar-refractivity contribution is 5.66. The minimum atomic E-state index is 0.750. The molecule has 2 heteroatoms. The number of hydrogen-bond donors (Lipinski definition) is 1. The van der Waals surface area contributed by atoms with Crippen LogP contribution >= 0.6 is 0 Å². The Kier molecular flexibility index (Phi) is 3.89. The van der Waals surface area contributed by atoms with Gasteiger partial charge in [-0.25, -0.2) is 0 Å². The minimum Gasteiger partial charge on any atom is -0.316 e. The molecule has 1 fully saturated rings. The summed E-state index contributed by atoms with van der Waals surface area (Å²) in [5, 5.41) is 3.49. The highest BCUT2D eigenvalue weighted by Crippen LogP contribution is 2.26. The van der Waals surface area contributed by atoms with Gasteiger partial charge in [0.2, 0.25) is 0 Å². The third-order valence-corrected chi connectivity index (χ3v) is 3.90. The number of nitrogens with zero attached hydrogens (tertiary/aromatic N) is 1. The molecule has 98 valence electrons. The van der Waals surface area contributed by atoms with Gasteiger partial charge in [-0.1, -0.05) is 30.3 Å². The Balaban J connectivity index is 1.85. The second kappa shape index (κ2) is 5.98. The smallest absolute Gasteiger partial charge is 0.0306 e. The first-order chi connectivity index (χ1) is 9.43. The highest BCUT2D eigenvalue weighted by atomic mass is 14.9. The van der Waals surface area contributed by atoms with Crippen molar-refractivity contribution in [1.29, 1.82) is 0 Å². The molecule has 1 N–H and O–H groups in total. The molecule has 2 heterocycles. The molecule has 1 saturated heterocycles. The third-order valence-electron chi connectivity index (χ3n) is 3.90. The molecule has 0 amide bonds. The van der Waals surface area contributed by atoms with Crippen LogP contribution in [0, 0.1) is 5.92 Å². The van der Waals surface area contributed by atoms with E-state index in [1.165, 1.54) is 36.1 Å². The maximum atomic E-state index is 4.32. The Labute approximate surface area is 114 Å². The van der Waals surface area contributed by atoms with Gasteiger partial charge in [-0.15, -0.1) is 0 Å². The van der Waals surface area contributed by atoms with Crippen molar-refractivity contribution in [3.05, 3.63) is 54.4 Å². The van der Waals surface area contributed by atoms with Crippen LogP contribution in [-0.2, 0) is 6.42 Å². The zero-order valence-electron chi connectivity index (χ0n) is 11.2. The van der Waals surface area contributed by atoms with Crippen molar-refractivity contribution in [2.24, 2.45) is 5.92 Å². The van der Waals surface area contributed by atoms with Crippen molar-refractivity contribution < 1.29 is 0 Å². The topological polar surface area (TPSA) is 24.9 Å². The van der Waals surface area contributed by atoms with Gasteiger partial charge in [0.25, 0.3) is 0 Å². The van der Waals surface area contributed by atoms with Gasteiger partial charge in [-0.2, -0.15) is 0 Å². The first-order valence-corrected chi connectivity index (χ1v) is 7.12. The van der Waals surface area contributed by atoms with Gasteiger partial charge in [0, 0.05) is 12.4 Å². The van der Waals surface area contributed by atoms with Gasteiger partial charge >= 0.3 is 0 Å². The normalized spacial score (nSPS) is 19.3. The lowest BCUT2D eigenvalue weighted by molar-refractivity contribution is 0.376. The first-order valence-electron chi connectivity index (χ1n) is 7.12. The van der Waals surface area contributed by atoms with E-state index < -0.39 is 0 Å². The zero-order valence-corrected chi connectivity index (χ0v) is 11.2. The number of pyridine rings is 1. The zero-order chi connectivity index (χ0) is 12.9. The molecule has 1 aromatic carbocycles. The van der Waals surface area contributed by atoms with Crippen LogP contribution in [0.4, 0.5) is 0 Å². The average Bonchev–Trinajstić information content (AvgIpc) is 2.50. The van der Waals surface area contributed by atoms with Crippen LogP contribution < -0.4 is 5.32 Å². The molecule has 1 aromatic heterocycles. The molecule has 1 aliphatic heterocycles. The van der Waals surface area contributed by atoms with Crippen LogP contribution in [0.2, 0.25) is 0 Å². The highest BCUT2D eigenvalue weighted by Gasteiger charge is 2.15. The van der Waals surface area contributed by atoms with E-state index >= 15 is 0 Å². The van der Waals surface area contributed by atoms with E-state index in [4.69, 9.17) is 0 Å². The van der Waals surface area contributed by atoms with E-state index in [0.29, 0.717) is 0 Å². The third kappa shape index (κ3) is 3.02. The molecule has 0 spiro atoms. The van der Waals surface area contributed by atoms with Gasteiger partial charge < -0.3 is 5.32 Å². The fraction of sp³-hybridized carbons (Fsp3) is 0.353. The molecular weight excluding hydrogens is 232 g/mol. The van der Waals surface area contributed by atoms with Crippen LogP contribution in [0.15, 0.2) is 48.8 Å². The summed E-state index contributed by atoms with van der Waals surface area (Å²) in [6.45, 7) is 2.32. The van der Waals surface area contributed by atoms with Crippen LogP contribution in [0.25, 0.3) is 11.1 Å². The summed E-state index contributed by atoms with van der Waals surface area (Å²) >= 11 is 0. The predicted octanol–water partition coefficient (Wildman–Crippen LogP) is 3.29. The second-order valence-corrected chi connectivity index (χ2v) is 5.32. The number of rotatable bonds is 3. The molecule has 0 saturated carbocycles. The number of piperidine rings is 1. The SMILES string of the molecule is c1ccc(-c2ccncc2CC2CCCNC2)cc1. The van der Waals surface area contributed by atoms with E-state index in [0.717, 1.165) is 18.9 Å². The van der Waals surface area contributed by atoms with Gasteiger partial charge in [0.15, 0.2) is 0 Å². The predicted molar refractivity (Wildman–Crippen MR) is 79.0 cm³/mol. The van der Waals surface area contributed by atoms with Gasteiger partial charge in [0.1, 0.15) is 0 Å². The van der Waals surface area contributed by atoms with Crippen LogP contribution in [0.1, 0.15) is 18.4 Å². The number of nitrogens with one attached hydrogen (secondary N) is 1. The minimum absolute atomic E-state index is 0.750. The lowest BCUT2D eigenvalue weighted by Crippen LogP contribution is -2.30. The summed E-state index contributed by atoms with van der Waals surface area (Å²) in [5.74, 6) is 0.750. The average molecular weight is 252 g/mol. The molecular formula is C17H20N2. The summed E-state index contributed by atoms with van der Waals surface area (Å²) in [4.78, 5) is 4.32. The van der Waals surface area contributed by atoms with E-state index in [1.54, 1.807) is 0 Å². The van der Waals surface area contributed by atoms with Gasteiger partial charge in [-0.3, -0.25) is 4.98 Å². The van der Waals surface area contributed by atoms with Gasteiger partial charge in [-0.05, 0) is 61.0 Å². The Morgan fingerprint density at radius 3 is 2.84 bits per heavy atom. The Hall–Kier alpha value is -1.67. The first kappa shape index (κ1) is 12.4. The van der Waals surface area contributed by atoms with Crippen LogP contribution in [-0.4, -0.2) is 18.1 Å². The van der Waals surface area contributed by atoms with Crippen molar-refractivity contribution in [2.45, 2.75) is 19.3 Å². The monoisotopic (exact) mass is 252 g/mol. The van der Waals surface area contributed by atoms with Crippen molar-refractivity contribution in [3.8, 4) is 11.1 Å².